The number of nitrogens with zero attached hydrogens (tertiary/aromatic N) is 3. The minimum absolute atomic E-state index is 0.0296. The zero-order chi connectivity index (χ0) is 26.0. The van der Waals surface area contributed by atoms with Gasteiger partial charge in [-0.15, -0.1) is 0 Å². The van der Waals surface area contributed by atoms with Gasteiger partial charge in [-0.3, -0.25) is 14.5 Å². The Labute approximate surface area is 211 Å². The summed E-state index contributed by atoms with van der Waals surface area (Å²) < 4.78 is 0. The number of primary amides is 1. The molecule has 8 nitrogen and oxygen atoms in total. The number of imide groups is 1. The Morgan fingerprint density at radius 1 is 1.03 bits per heavy atom. The number of carbonyl (C=O) groups is 3. The molecule has 35 heavy (non-hydrogen) atoms. The summed E-state index contributed by atoms with van der Waals surface area (Å²) >= 11 is 0. The first-order valence-electron chi connectivity index (χ1n) is 13.3. The van der Waals surface area contributed by atoms with Gasteiger partial charge in [0.1, 0.15) is 11.9 Å². The van der Waals surface area contributed by atoms with Gasteiger partial charge in [0.05, 0.1) is 5.56 Å². The molecule has 1 aromatic heterocycles. The number of pyridine rings is 1. The largest absolute Gasteiger partial charge is 0.369 e. The molecule has 1 aliphatic heterocycles. The summed E-state index contributed by atoms with van der Waals surface area (Å²) in [6, 6.07) is 1.44. The van der Waals surface area contributed by atoms with Crippen molar-refractivity contribution in [3.63, 3.8) is 0 Å². The maximum Gasteiger partial charge on any atom is 0.326 e. The van der Waals surface area contributed by atoms with Crippen LogP contribution in [-0.4, -0.2) is 59.3 Å². The van der Waals surface area contributed by atoms with E-state index in [1.165, 1.54) is 62.7 Å². The predicted octanol–water partition coefficient (Wildman–Crippen LogP) is 4.97. The van der Waals surface area contributed by atoms with E-state index in [4.69, 9.17) is 5.73 Å². The third kappa shape index (κ3) is 7.67. The molecule has 1 aromatic rings. The lowest BCUT2D eigenvalue weighted by atomic mass is 9.84. The van der Waals surface area contributed by atoms with E-state index in [2.05, 4.69) is 10.3 Å². The number of hydrogen-bond acceptors (Lipinski definition) is 5. The lowest BCUT2D eigenvalue weighted by Gasteiger charge is -2.25. The third-order valence-corrected chi connectivity index (χ3v) is 7.39. The van der Waals surface area contributed by atoms with Crippen LogP contribution in [0.3, 0.4) is 0 Å². The van der Waals surface area contributed by atoms with Crippen molar-refractivity contribution in [2.24, 2.45) is 17.6 Å². The normalized spacial score (nSPS) is 20.8. The zero-order valence-electron chi connectivity index (χ0n) is 22.3. The molecule has 1 unspecified atom stereocenters. The molecule has 2 aliphatic carbocycles. The van der Waals surface area contributed by atoms with Gasteiger partial charge in [-0.2, -0.15) is 0 Å². The molecule has 3 aliphatic rings. The van der Waals surface area contributed by atoms with Crippen LogP contribution < -0.4 is 11.1 Å². The second-order valence-electron chi connectivity index (χ2n) is 9.79. The van der Waals surface area contributed by atoms with Crippen molar-refractivity contribution in [1.82, 2.24) is 14.8 Å². The number of anilines is 1. The van der Waals surface area contributed by atoms with E-state index in [-0.39, 0.29) is 18.0 Å². The van der Waals surface area contributed by atoms with Crippen molar-refractivity contribution in [2.75, 3.05) is 26.0 Å². The highest BCUT2D eigenvalue weighted by Gasteiger charge is 2.41. The Hall–Kier alpha value is -2.64. The van der Waals surface area contributed by atoms with Crippen LogP contribution in [0.5, 0.6) is 0 Å². The fourth-order valence-corrected chi connectivity index (χ4v) is 5.31. The number of urea groups is 1. The number of aromatic nitrogens is 1. The summed E-state index contributed by atoms with van der Waals surface area (Å²) in [6.45, 7) is 6.76. The lowest BCUT2D eigenvalue weighted by Crippen LogP contribution is -2.33. The van der Waals surface area contributed by atoms with Gasteiger partial charge < -0.3 is 16.0 Å². The highest BCUT2D eigenvalue weighted by Crippen LogP contribution is 2.30. The molecule has 4 amide bonds. The molecular formula is C27H45N5O3. The second kappa shape index (κ2) is 14.0. The molecule has 4 rings (SSSR count). The number of hydrogen-bond donors (Lipinski definition) is 2. The lowest BCUT2D eigenvalue weighted by molar-refractivity contribution is -0.127. The van der Waals surface area contributed by atoms with Crippen LogP contribution in [0.2, 0.25) is 0 Å². The van der Waals surface area contributed by atoms with E-state index in [0.717, 1.165) is 18.5 Å². The highest BCUT2D eigenvalue weighted by molar-refractivity contribution is 6.03. The van der Waals surface area contributed by atoms with Gasteiger partial charge in [-0.25, -0.2) is 9.78 Å². The smallest absolute Gasteiger partial charge is 0.326 e. The standard InChI is InChI=1S/C13H19N3O.C12H20N2O2.C2H6/c1-9-6-7-15-13(11(9)12(14)17)16-8-10-4-2-3-5-10;1-13-10(11(15)14(2)12(13)16)8-9-6-4-3-5-7-9;1-2/h6-7,10H,2-5,8H2,1H3,(H2,14,17)(H,15,16);9-10H,3-8H2,1-2H3;1-2H3. The van der Waals surface area contributed by atoms with Gasteiger partial charge in [-0.1, -0.05) is 58.8 Å². The van der Waals surface area contributed by atoms with E-state index >= 15 is 0 Å². The summed E-state index contributed by atoms with van der Waals surface area (Å²) in [5, 5.41) is 3.27. The SMILES string of the molecule is CC.CN1C(=O)C(CC2CCCCC2)N(C)C1=O.Cc1ccnc(NCC2CCCC2)c1C(N)=O. The molecule has 2 saturated carbocycles. The van der Waals surface area contributed by atoms with Crippen LogP contribution in [0.15, 0.2) is 12.3 Å². The Morgan fingerprint density at radius 3 is 2.14 bits per heavy atom. The van der Waals surface area contributed by atoms with Gasteiger partial charge in [0.25, 0.3) is 11.8 Å². The van der Waals surface area contributed by atoms with E-state index in [1.807, 2.05) is 20.8 Å². The second-order valence-corrected chi connectivity index (χ2v) is 9.79. The minimum atomic E-state index is -0.412. The quantitative estimate of drug-likeness (QED) is 0.551. The molecule has 0 aromatic carbocycles. The Balaban J connectivity index is 0.000000231. The van der Waals surface area contributed by atoms with E-state index in [0.29, 0.717) is 23.2 Å². The first kappa shape index (κ1) is 28.6. The number of nitrogens with two attached hydrogens (primary N) is 1. The molecule has 1 atom stereocenters. The molecule has 0 radical (unpaired) electrons. The maximum atomic E-state index is 11.9. The molecule has 3 N–H and O–H groups in total. The molecule has 1 saturated heterocycles. The van der Waals surface area contributed by atoms with E-state index in [1.54, 1.807) is 31.3 Å². The van der Waals surface area contributed by atoms with Crippen molar-refractivity contribution in [3.05, 3.63) is 23.4 Å². The summed E-state index contributed by atoms with van der Waals surface area (Å²) in [5.74, 6) is 1.52. The number of amides is 4. The first-order chi connectivity index (χ1) is 16.8. The molecule has 3 fully saturated rings. The van der Waals surface area contributed by atoms with Crippen molar-refractivity contribution in [2.45, 2.75) is 91.0 Å². The zero-order valence-corrected chi connectivity index (χ0v) is 22.3. The number of likely N-dealkylation sites (N-methyl/N-ethyl adjacent to an activating group) is 2. The monoisotopic (exact) mass is 487 g/mol. The van der Waals surface area contributed by atoms with Gasteiger partial charge in [0, 0.05) is 26.8 Å². The van der Waals surface area contributed by atoms with Gasteiger partial charge >= 0.3 is 6.03 Å². The van der Waals surface area contributed by atoms with Crippen molar-refractivity contribution >= 4 is 23.7 Å². The minimum Gasteiger partial charge on any atom is -0.369 e. The van der Waals surface area contributed by atoms with Gasteiger partial charge in [0.2, 0.25) is 0 Å². The fraction of sp³-hybridized carbons (Fsp3) is 0.704. The first-order valence-corrected chi connectivity index (χ1v) is 13.3. The Morgan fingerprint density at radius 2 is 1.60 bits per heavy atom. The van der Waals surface area contributed by atoms with Crippen LogP contribution in [-0.2, 0) is 4.79 Å². The van der Waals surface area contributed by atoms with Gasteiger partial charge in [-0.05, 0) is 49.7 Å². The number of nitrogens with one attached hydrogen (secondary N) is 1. The van der Waals surface area contributed by atoms with E-state index < -0.39 is 5.91 Å². The Kier molecular flexibility index (Phi) is 11.5. The molecule has 0 spiro atoms. The number of rotatable bonds is 6. The van der Waals surface area contributed by atoms with Crippen molar-refractivity contribution in [3.8, 4) is 0 Å². The summed E-state index contributed by atoms with van der Waals surface area (Å²) in [6.07, 6.45) is 14.0. The number of carbonyl (C=O) groups excluding carboxylic acids is 3. The topological polar surface area (TPSA) is 109 Å². The van der Waals surface area contributed by atoms with Crippen LogP contribution in [0.25, 0.3) is 0 Å². The Bertz CT molecular complexity index is 847. The van der Waals surface area contributed by atoms with Crippen LogP contribution >= 0.6 is 0 Å². The van der Waals surface area contributed by atoms with E-state index in [9.17, 15) is 14.4 Å². The number of aryl methyl sites for hydroxylation is 1. The average molecular weight is 488 g/mol. The average Bonchev–Trinajstić information content (AvgIpc) is 3.45. The summed E-state index contributed by atoms with van der Waals surface area (Å²) in [4.78, 5) is 41.9. The van der Waals surface area contributed by atoms with Crippen molar-refractivity contribution < 1.29 is 14.4 Å². The fourth-order valence-electron chi connectivity index (χ4n) is 5.31. The van der Waals surface area contributed by atoms with Crippen LogP contribution in [0.1, 0.15) is 94.0 Å². The summed E-state index contributed by atoms with van der Waals surface area (Å²) in [5.41, 5.74) is 6.78. The van der Waals surface area contributed by atoms with Gasteiger partial charge in [0.15, 0.2) is 0 Å². The third-order valence-electron chi connectivity index (χ3n) is 7.39. The van der Waals surface area contributed by atoms with Crippen molar-refractivity contribution in [1.29, 1.82) is 0 Å². The molecule has 2 heterocycles. The summed E-state index contributed by atoms with van der Waals surface area (Å²) in [7, 11) is 3.30. The molecule has 0 bridgehead atoms. The molecular weight excluding hydrogens is 442 g/mol. The van der Waals surface area contributed by atoms with Crippen LogP contribution in [0, 0.1) is 18.8 Å². The molecule has 8 heteroatoms. The maximum absolute atomic E-state index is 11.9. The predicted molar refractivity (Wildman–Crippen MR) is 140 cm³/mol. The molecule has 196 valence electrons. The highest BCUT2D eigenvalue weighted by atomic mass is 16.2. The van der Waals surface area contributed by atoms with Crippen LogP contribution in [0.4, 0.5) is 10.6 Å².